The second kappa shape index (κ2) is 6.99. The Morgan fingerprint density at radius 2 is 0.762 bits per heavy atom. The molecule has 0 radical (unpaired) electrons. The summed E-state index contributed by atoms with van der Waals surface area (Å²) in [5.41, 5.74) is -4.80. The standard InChI is InChI=1S/2C6N4.V/c2*7-2-1-6(3-8,4-9)5-10;. The molecular formula is C12N8V. The summed E-state index contributed by atoms with van der Waals surface area (Å²) in [7, 11) is 0. The normalized spacial score (nSPS) is 8.38. The van der Waals surface area contributed by atoms with Crippen LogP contribution in [0.2, 0.25) is 0 Å². The first-order valence-corrected chi connectivity index (χ1v) is 6.13. The van der Waals surface area contributed by atoms with Crippen LogP contribution >= 0.6 is 0 Å². The second-order valence-corrected chi connectivity index (χ2v) is 4.95. The quantitative estimate of drug-likeness (QED) is 0.656. The van der Waals surface area contributed by atoms with Crippen LogP contribution in [0.5, 0.6) is 0 Å². The van der Waals surface area contributed by atoms with Gasteiger partial charge in [0, 0.05) is 0 Å². The van der Waals surface area contributed by atoms with Crippen molar-refractivity contribution < 1.29 is 15.4 Å². The zero-order valence-corrected chi connectivity index (χ0v) is 11.4. The number of rotatable bonds is 2. The number of hydrogen-bond donors (Lipinski definition) is 0. The molecule has 0 unspecified atom stereocenters. The molecule has 0 spiro atoms. The molecule has 8 nitrogen and oxygen atoms in total. The summed E-state index contributed by atoms with van der Waals surface area (Å²) in [4.78, 5) is 0. The van der Waals surface area contributed by atoms with Gasteiger partial charge in [0.25, 0.3) is 0 Å². The molecule has 0 saturated heterocycles. The van der Waals surface area contributed by atoms with Crippen molar-refractivity contribution in [2.75, 3.05) is 0 Å². The van der Waals surface area contributed by atoms with E-state index in [-0.39, 0.29) is 0 Å². The van der Waals surface area contributed by atoms with Crippen LogP contribution < -0.4 is 0 Å². The fourth-order valence-corrected chi connectivity index (χ4v) is 2.46. The Hall–Kier alpha value is -3.76. The number of nitriles is 8. The van der Waals surface area contributed by atoms with Crippen molar-refractivity contribution >= 4 is 8.45 Å². The van der Waals surface area contributed by atoms with E-state index in [2.05, 4.69) is 0 Å². The Kier molecular flexibility index (Phi) is 5.74. The van der Waals surface area contributed by atoms with Gasteiger partial charge in [-0.25, -0.2) is 0 Å². The van der Waals surface area contributed by atoms with Gasteiger partial charge in [0.15, 0.2) is 0 Å². The van der Waals surface area contributed by atoms with Crippen LogP contribution in [0, 0.1) is 101 Å². The minimum absolute atomic E-state index is 0.534. The second-order valence-electron chi connectivity index (χ2n) is 3.20. The van der Waals surface area contributed by atoms with E-state index in [1.165, 1.54) is 48.6 Å². The molecule has 0 atom stereocenters. The predicted molar refractivity (Wildman–Crippen MR) is 59.8 cm³/mol. The van der Waals surface area contributed by atoms with Crippen molar-refractivity contribution in [2.24, 2.45) is 10.8 Å². The summed E-state index contributed by atoms with van der Waals surface area (Å²) in [6.45, 7) is 0. The molecule has 21 heavy (non-hydrogen) atoms. The molecular weight excluding hydrogens is 307 g/mol. The molecule has 0 bridgehead atoms. The summed E-state index contributed by atoms with van der Waals surface area (Å²) in [5, 5.41) is 71.4. The van der Waals surface area contributed by atoms with Crippen molar-refractivity contribution in [1.82, 2.24) is 0 Å². The van der Waals surface area contributed by atoms with E-state index >= 15 is 0 Å². The third kappa shape index (κ3) is 2.81. The molecule has 0 aliphatic heterocycles. The summed E-state index contributed by atoms with van der Waals surface area (Å²) in [6.07, 6.45) is 0. The molecule has 0 rings (SSSR count). The van der Waals surface area contributed by atoms with Crippen LogP contribution in [0.25, 0.3) is 0 Å². The molecule has 0 fully saturated rings. The van der Waals surface area contributed by atoms with Crippen molar-refractivity contribution in [2.45, 2.75) is 0 Å². The molecule has 0 aromatic carbocycles. The summed E-state index contributed by atoms with van der Waals surface area (Å²) >= 11 is -1.77. The average molecular weight is 307 g/mol. The molecule has 0 heterocycles. The van der Waals surface area contributed by atoms with Crippen LogP contribution in [0.1, 0.15) is 0 Å². The Morgan fingerprint density at radius 3 is 0.905 bits per heavy atom. The maximum absolute atomic E-state index is 8.99. The average Bonchev–Trinajstić information content (AvgIpc) is 2.55. The first-order valence-electron chi connectivity index (χ1n) is 4.74. The van der Waals surface area contributed by atoms with Gasteiger partial charge >= 0.3 is 125 Å². The van der Waals surface area contributed by atoms with Crippen molar-refractivity contribution in [3.63, 3.8) is 0 Å². The molecule has 0 N–H and O–H groups in total. The van der Waals surface area contributed by atoms with Gasteiger partial charge in [0.1, 0.15) is 0 Å². The molecule has 0 aromatic heterocycles. The summed E-state index contributed by atoms with van der Waals surface area (Å²) < 4.78 is -1.07. The summed E-state index contributed by atoms with van der Waals surface area (Å²) in [6, 6.07) is 11.2. The zero-order valence-electron chi connectivity index (χ0n) is 10.0. The van der Waals surface area contributed by atoms with Gasteiger partial charge in [-0.05, 0) is 0 Å². The molecule has 0 aromatic rings. The topological polar surface area (TPSA) is 190 Å². The molecule has 0 aliphatic rings. The van der Waals surface area contributed by atoms with E-state index in [4.69, 9.17) is 42.1 Å². The fraction of sp³-hybridized carbons (Fsp3) is 0.167. The third-order valence-electron chi connectivity index (χ3n) is 2.15. The Bertz CT molecular complexity index is 735. The van der Waals surface area contributed by atoms with Gasteiger partial charge in [0.2, 0.25) is 0 Å². The first-order chi connectivity index (χ1) is 9.99. The summed E-state index contributed by atoms with van der Waals surface area (Å²) in [5.74, 6) is 0. The van der Waals surface area contributed by atoms with Crippen molar-refractivity contribution in [3.05, 3.63) is 0 Å². The van der Waals surface area contributed by atoms with Crippen LogP contribution in [0.15, 0.2) is 0 Å². The van der Waals surface area contributed by atoms with E-state index in [1.807, 2.05) is 0 Å². The molecule has 9 heteroatoms. The van der Waals surface area contributed by atoms with Crippen LogP contribution in [0.3, 0.4) is 0 Å². The van der Waals surface area contributed by atoms with Gasteiger partial charge < -0.3 is 0 Å². The van der Waals surface area contributed by atoms with E-state index < -0.39 is 34.7 Å². The maximum atomic E-state index is 8.99. The van der Waals surface area contributed by atoms with E-state index in [0.29, 0.717) is 0 Å². The monoisotopic (exact) mass is 307 g/mol. The molecule has 0 saturated carbocycles. The van der Waals surface area contributed by atoms with Gasteiger partial charge in [-0.1, -0.05) is 0 Å². The predicted octanol–water partition coefficient (Wildman–Crippen LogP) is -0.425. The van der Waals surface area contributed by atoms with Crippen molar-refractivity contribution in [1.29, 1.82) is 42.1 Å². The SMILES string of the molecule is N#C[C](=[V]=[C](C#N)C(C#N)(C#N)C#N)C(C#N)(C#N)C#N. The minimum atomic E-state index is -2.40. The van der Waals surface area contributed by atoms with Crippen LogP contribution in [-0.4, -0.2) is 8.45 Å². The van der Waals surface area contributed by atoms with E-state index in [0.717, 1.165) is 0 Å². The molecule has 0 aliphatic carbocycles. The Labute approximate surface area is 125 Å². The van der Waals surface area contributed by atoms with Gasteiger partial charge in [-0.15, -0.1) is 0 Å². The number of hydrogen-bond acceptors (Lipinski definition) is 8. The molecule has 0 amide bonds. The van der Waals surface area contributed by atoms with Crippen LogP contribution in [0.4, 0.5) is 0 Å². The fourth-order valence-electron chi connectivity index (χ4n) is 0.965. The first kappa shape index (κ1) is 17.2. The van der Waals surface area contributed by atoms with E-state index in [1.54, 1.807) is 0 Å². The Morgan fingerprint density at radius 1 is 0.524 bits per heavy atom. The van der Waals surface area contributed by atoms with Crippen molar-refractivity contribution in [3.8, 4) is 48.6 Å². The third-order valence-corrected chi connectivity index (χ3v) is 4.21. The zero-order chi connectivity index (χ0) is 16.5. The molecule has 93 valence electrons. The van der Waals surface area contributed by atoms with E-state index in [9.17, 15) is 0 Å². The number of nitrogens with zero attached hydrogens (tertiary/aromatic N) is 8. The Balaban J connectivity index is 6.98. The van der Waals surface area contributed by atoms with Gasteiger partial charge in [-0.3, -0.25) is 0 Å². The van der Waals surface area contributed by atoms with Gasteiger partial charge in [0.05, 0.1) is 0 Å². The van der Waals surface area contributed by atoms with Gasteiger partial charge in [-0.2, -0.15) is 0 Å². The van der Waals surface area contributed by atoms with Crippen LogP contribution in [-0.2, 0) is 15.4 Å².